The number of benzene rings is 2. The van der Waals surface area contributed by atoms with Crippen LogP contribution in [0.3, 0.4) is 0 Å². The normalized spacial score (nSPS) is 21.0. The van der Waals surface area contributed by atoms with Gasteiger partial charge in [-0.05, 0) is 224 Å². The summed E-state index contributed by atoms with van der Waals surface area (Å²) in [5.41, 5.74) is 8.18. The topological polar surface area (TPSA) is 39.3 Å². The van der Waals surface area contributed by atoms with Crippen LogP contribution < -0.4 is 16.0 Å². The Labute approximate surface area is 505 Å². The van der Waals surface area contributed by atoms with Crippen molar-refractivity contribution in [1.29, 1.82) is 0 Å². The highest BCUT2D eigenvalue weighted by Gasteiger charge is 2.42. The van der Waals surface area contributed by atoms with Crippen LogP contribution in [0.5, 0.6) is 0 Å². The fourth-order valence-electron chi connectivity index (χ4n) is 12.4. The summed E-state index contributed by atoms with van der Waals surface area (Å²) in [6.07, 6.45) is 19.7. The van der Waals surface area contributed by atoms with Crippen molar-refractivity contribution in [3.05, 3.63) is 107 Å². The zero-order valence-corrected chi connectivity index (χ0v) is 59.6. The second kappa shape index (κ2) is 49.7. The van der Waals surface area contributed by atoms with Crippen LogP contribution in [0.4, 0.5) is 0 Å². The molecular formula is C76H146N4. The average Bonchev–Trinajstić information content (AvgIpc) is 3.42. The first-order chi connectivity index (χ1) is 37.7. The number of hydrogen-bond donors (Lipinski definition) is 3. The van der Waals surface area contributed by atoms with Crippen LogP contribution in [0.15, 0.2) is 85.1 Å². The van der Waals surface area contributed by atoms with Gasteiger partial charge in [-0.25, -0.2) is 0 Å². The lowest BCUT2D eigenvalue weighted by Crippen LogP contribution is -2.40. The third-order valence-corrected chi connectivity index (χ3v) is 17.9. The molecule has 6 unspecified atom stereocenters. The third-order valence-electron chi connectivity index (χ3n) is 17.9. The first kappa shape index (κ1) is 83.8. The molecule has 0 aromatic heterocycles. The van der Waals surface area contributed by atoms with Crippen molar-refractivity contribution >= 4 is 0 Å². The molecule has 0 radical (unpaired) electrons. The molecule has 0 saturated heterocycles. The van der Waals surface area contributed by atoms with E-state index in [4.69, 9.17) is 0 Å². The number of nitrogens with one attached hydrogen (secondary N) is 3. The summed E-state index contributed by atoms with van der Waals surface area (Å²) < 4.78 is 0. The number of rotatable bonds is 23. The van der Waals surface area contributed by atoms with Gasteiger partial charge in [0.15, 0.2) is 0 Å². The monoisotopic (exact) mass is 1120 g/mol. The molecule has 0 heterocycles. The predicted molar refractivity (Wildman–Crippen MR) is 370 cm³/mol. The first-order valence-electron chi connectivity index (χ1n) is 33.4. The van der Waals surface area contributed by atoms with Gasteiger partial charge in [0.25, 0.3) is 0 Å². The number of likely N-dealkylation sites (N-methyl/N-ethyl adjacent to an activating group) is 1. The number of hydrogen-bond acceptors (Lipinski definition) is 4. The summed E-state index contributed by atoms with van der Waals surface area (Å²) in [6.45, 7) is 66.2. The molecule has 0 amide bonds. The van der Waals surface area contributed by atoms with Crippen LogP contribution in [-0.2, 0) is 6.42 Å². The minimum Gasteiger partial charge on any atom is -0.384 e. The van der Waals surface area contributed by atoms with E-state index in [1.54, 1.807) is 0 Å². The van der Waals surface area contributed by atoms with E-state index in [2.05, 4.69) is 221 Å². The maximum atomic E-state index is 4.31. The van der Waals surface area contributed by atoms with Crippen molar-refractivity contribution in [2.45, 2.75) is 243 Å². The highest BCUT2D eigenvalue weighted by atomic mass is 15.0. The Bertz CT molecular complexity index is 1750. The van der Waals surface area contributed by atoms with Gasteiger partial charge in [0.2, 0.25) is 0 Å². The second-order valence-corrected chi connectivity index (χ2v) is 26.3. The molecule has 2 saturated carbocycles. The highest BCUT2D eigenvalue weighted by molar-refractivity contribution is 5.31. The summed E-state index contributed by atoms with van der Waals surface area (Å²) in [5, 5.41) is 9.86. The zero-order valence-electron chi connectivity index (χ0n) is 59.6. The summed E-state index contributed by atoms with van der Waals surface area (Å²) in [5.74, 6) is 11.4. The van der Waals surface area contributed by atoms with Gasteiger partial charge < -0.3 is 20.9 Å². The fraction of sp³-hybridized carbons (Fsp3) is 0.763. The van der Waals surface area contributed by atoms with Crippen molar-refractivity contribution < 1.29 is 0 Å². The summed E-state index contributed by atoms with van der Waals surface area (Å²) in [4.78, 5) is 2.00. The Morgan fingerprint density at radius 2 is 1.25 bits per heavy atom. The van der Waals surface area contributed by atoms with Gasteiger partial charge in [0.05, 0.1) is 0 Å². The van der Waals surface area contributed by atoms with Gasteiger partial charge in [-0.15, -0.1) is 6.58 Å². The highest BCUT2D eigenvalue weighted by Crippen LogP contribution is 2.50. The Hall–Kier alpha value is -2.66. The predicted octanol–water partition coefficient (Wildman–Crippen LogP) is 21.7. The van der Waals surface area contributed by atoms with Crippen LogP contribution in [0.25, 0.3) is 0 Å². The minimum absolute atomic E-state index is 0.372. The number of nitrogens with zero attached hydrogens (tertiary/aromatic N) is 1. The van der Waals surface area contributed by atoms with Crippen LogP contribution in [0.1, 0.15) is 245 Å². The molecule has 0 aliphatic heterocycles. The molecule has 2 aromatic rings. The summed E-state index contributed by atoms with van der Waals surface area (Å²) in [7, 11) is 10.1. The molecule has 4 heteroatoms. The molecule has 0 spiro atoms. The van der Waals surface area contributed by atoms with E-state index < -0.39 is 0 Å². The van der Waals surface area contributed by atoms with Crippen LogP contribution in [-0.4, -0.2) is 59.8 Å². The molecule has 2 aromatic carbocycles. The van der Waals surface area contributed by atoms with Gasteiger partial charge in [0, 0.05) is 18.8 Å². The molecular weight excluding hydrogens is 969 g/mol. The quantitative estimate of drug-likeness (QED) is 0.0589. The zero-order chi connectivity index (χ0) is 62.7. The second-order valence-electron chi connectivity index (χ2n) is 26.3. The maximum absolute atomic E-state index is 4.31. The fourth-order valence-corrected chi connectivity index (χ4v) is 12.4. The number of allylic oxidation sites excluding steroid dienone is 3. The lowest BCUT2D eigenvalue weighted by atomic mass is 9.58. The lowest BCUT2D eigenvalue weighted by Gasteiger charge is -2.47. The Morgan fingerprint density at radius 1 is 0.725 bits per heavy atom. The van der Waals surface area contributed by atoms with E-state index in [0.29, 0.717) is 17.3 Å². The molecule has 0 bridgehead atoms. The Balaban J connectivity index is -0.000000529. The average molecular weight is 1120 g/mol. The molecule has 3 N–H and O–H groups in total. The Kier molecular flexibility index (Phi) is 52.1. The maximum Gasteiger partial charge on any atom is 0.0294 e. The standard InChI is InChI=1S/C34H65N.C16H24N2.C10H14.C7H16.C3H9N.3C2H6/c1-12-25(4)32(19-31-17-26(5)28(7)27(6)18-31)29(8)33(20-30-15-13-14-23(2)16-30)34(9,10)21-24(3)22-35-11;1-13(15(3)18-12-11-17-4)9-10-16-8-6-5-7-14(16)2;1-8(2)10-7-5-4-6-9(10)3;1-5-7(4)6(2)3;1-4(2)3;3*1-2/h12,23-33,35H,1,13-22H2,2-11H3;5-9,17-18H,3,10-12H2,1-2,4H3;4-8H,1-3H3;6-7H,5H2,1-4H3;1-3H3;3*1-2H3/b;13-9+;;;;;;/t23?,24-,25?,26?,27?,28?,29+,30?,31?,32-,33-;;;;;;;/m1......./s1. The van der Waals surface area contributed by atoms with Gasteiger partial charge in [-0.2, -0.15) is 0 Å². The molecule has 80 heavy (non-hydrogen) atoms. The molecule has 10 atom stereocenters. The van der Waals surface area contributed by atoms with Gasteiger partial charge in [-0.1, -0.05) is 238 Å². The van der Waals surface area contributed by atoms with Gasteiger partial charge >= 0.3 is 0 Å². The van der Waals surface area contributed by atoms with E-state index in [0.717, 1.165) is 103 Å². The molecule has 2 aliphatic carbocycles. The van der Waals surface area contributed by atoms with Crippen molar-refractivity contribution in [1.82, 2.24) is 20.9 Å². The Morgan fingerprint density at radius 3 is 1.68 bits per heavy atom. The van der Waals surface area contributed by atoms with E-state index in [-0.39, 0.29) is 0 Å². The van der Waals surface area contributed by atoms with E-state index >= 15 is 0 Å². The van der Waals surface area contributed by atoms with Gasteiger partial charge in [-0.3, -0.25) is 0 Å². The van der Waals surface area contributed by atoms with Crippen molar-refractivity contribution in [3.8, 4) is 0 Å². The molecule has 4 nitrogen and oxygen atoms in total. The van der Waals surface area contributed by atoms with Crippen LogP contribution in [0.2, 0.25) is 0 Å². The van der Waals surface area contributed by atoms with Crippen molar-refractivity contribution in [2.75, 3.05) is 54.9 Å². The van der Waals surface area contributed by atoms with E-state index in [1.165, 1.54) is 92.0 Å². The largest absolute Gasteiger partial charge is 0.384 e. The van der Waals surface area contributed by atoms with Crippen molar-refractivity contribution in [3.63, 3.8) is 0 Å². The molecule has 4 rings (SSSR count). The first-order valence-corrected chi connectivity index (χ1v) is 33.4. The smallest absolute Gasteiger partial charge is 0.0294 e. The van der Waals surface area contributed by atoms with E-state index in [9.17, 15) is 0 Å². The molecule has 2 fully saturated rings. The molecule has 470 valence electrons. The SMILES string of the molecule is C=C(NCCNC)/C(C)=C/Cc1ccccc1C.C=CC(C)[C@@H](CC1CC(C)C(C)C(C)C1)[C@H](C)[C@@H](CC1CCCC(C)C1)C(C)(C)C[C@@H](C)CNC.CC.CC.CC.CCC(C)C(C)C.CN(C)C.Cc1ccccc1C(C)C. The third kappa shape index (κ3) is 37.5. The number of aryl methyl sites for hydroxylation is 2. The van der Waals surface area contributed by atoms with Gasteiger partial charge in [0.1, 0.15) is 0 Å². The van der Waals surface area contributed by atoms with Crippen LogP contribution >= 0.6 is 0 Å². The summed E-state index contributed by atoms with van der Waals surface area (Å²) in [6, 6.07) is 17.0. The lowest BCUT2D eigenvalue weighted by molar-refractivity contribution is 0.0264. The minimum atomic E-state index is 0.372. The van der Waals surface area contributed by atoms with Crippen LogP contribution in [0, 0.1) is 96.2 Å². The van der Waals surface area contributed by atoms with Crippen molar-refractivity contribution in [2.24, 2.45) is 82.3 Å². The molecule has 2 aliphatic rings. The van der Waals surface area contributed by atoms with E-state index in [1.807, 2.05) is 74.6 Å². The summed E-state index contributed by atoms with van der Waals surface area (Å²) >= 11 is 0.